The summed E-state index contributed by atoms with van der Waals surface area (Å²) in [6.45, 7) is -0.569. The van der Waals surface area contributed by atoms with Crippen LogP contribution in [0.15, 0.2) is 71.5 Å². The number of fused-ring (bicyclic) bond motifs is 2. The van der Waals surface area contributed by atoms with Crippen LogP contribution >= 0.6 is 0 Å². The van der Waals surface area contributed by atoms with Crippen molar-refractivity contribution < 1.29 is 40.1 Å². The van der Waals surface area contributed by atoms with Crippen LogP contribution in [0.1, 0.15) is 10.4 Å². The number of nitrogens with zero attached hydrogens (tertiary/aromatic N) is 4. The Hall–Kier alpha value is -4.37. The standard InChI is InChI=1S/C21H12N4O3.C7H17NO5/c26-21(27)13-5-3-12(4-6-13)17-10-14-2-1-9-22-19(14)20(23-17)15-7-8-16-18(11-15)25-28-24-16;1-8-2-4(10)6(12)7(13)5(11)3-9/h1-11H,(H,26,27);4-13H,2-3H2,1H3. The molecule has 0 aliphatic rings. The molecular weight excluding hydrogens is 534 g/mol. The molecule has 13 heteroatoms. The number of carbonyl (C=O) groups is 1. The largest absolute Gasteiger partial charge is 0.478 e. The van der Waals surface area contributed by atoms with Crippen LogP contribution in [0.25, 0.3) is 44.5 Å². The number of rotatable bonds is 9. The average Bonchev–Trinajstić information content (AvgIpc) is 3.48. The predicted octanol–water partition coefficient (Wildman–Crippen LogP) is 0.840. The summed E-state index contributed by atoms with van der Waals surface area (Å²) in [4.78, 5) is 20.4. The second-order valence-electron chi connectivity index (χ2n) is 9.14. The van der Waals surface area contributed by atoms with Crippen molar-refractivity contribution in [1.82, 2.24) is 25.6 Å². The fourth-order valence-electron chi connectivity index (χ4n) is 4.04. The van der Waals surface area contributed by atoms with E-state index in [9.17, 15) is 9.90 Å². The highest BCUT2D eigenvalue weighted by atomic mass is 16.6. The number of carboxylic acid groups (broad SMARTS) is 1. The topological polar surface area (TPSA) is 215 Å². The van der Waals surface area contributed by atoms with Crippen LogP contribution in [0.2, 0.25) is 0 Å². The highest BCUT2D eigenvalue weighted by Gasteiger charge is 2.29. The third-order valence-electron chi connectivity index (χ3n) is 6.28. The normalized spacial score (nSPS) is 14.2. The molecule has 214 valence electrons. The van der Waals surface area contributed by atoms with Crippen molar-refractivity contribution in [1.29, 1.82) is 0 Å². The molecular formula is C28H29N5O8. The van der Waals surface area contributed by atoms with E-state index in [1.165, 1.54) is 0 Å². The molecule has 41 heavy (non-hydrogen) atoms. The van der Waals surface area contributed by atoms with Crippen LogP contribution in [-0.2, 0) is 0 Å². The van der Waals surface area contributed by atoms with Crippen molar-refractivity contribution in [3.05, 3.63) is 72.4 Å². The van der Waals surface area contributed by atoms with Gasteiger partial charge in [0.2, 0.25) is 0 Å². The zero-order valence-corrected chi connectivity index (χ0v) is 21.9. The molecule has 7 N–H and O–H groups in total. The lowest BCUT2D eigenvalue weighted by molar-refractivity contribution is -0.113. The molecule has 0 saturated carbocycles. The fraction of sp³-hybridized carbons (Fsp3) is 0.250. The molecule has 0 aliphatic heterocycles. The molecule has 0 radical (unpaired) electrons. The first-order chi connectivity index (χ1) is 19.7. The van der Waals surface area contributed by atoms with E-state index in [-0.39, 0.29) is 12.1 Å². The molecule has 0 amide bonds. The van der Waals surface area contributed by atoms with Crippen molar-refractivity contribution in [3.63, 3.8) is 0 Å². The second-order valence-corrected chi connectivity index (χ2v) is 9.14. The van der Waals surface area contributed by atoms with Gasteiger partial charge in [0.15, 0.2) is 0 Å². The summed E-state index contributed by atoms with van der Waals surface area (Å²) in [7, 11) is 1.57. The minimum Gasteiger partial charge on any atom is -0.478 e. The van der Waals surface area contributed by atoms with Crippen LogP contribution in [-0.4, -0.2) is 102 Å². The average molecular weight is 564 g/mol. The molecule has 3 aromatic heterocycles. The highest BCUT2D eigenvalue weighted by molar-refractivity contribution is 5.96. The number of likely N-dealkylation sites (N-methyl/N-ethyl adjacent to an activating group) is 1. The molecule has 13 nitrogen and oxygen atoms in total. The number of benzene rings is 2. The lowest BCUT2D eigenvalue weighted by Gasteiger charge is -2.25. The Balaban J connectivity index is 0.000000254. The van der Waals surface area contributed by atoms with Gasteiger partial charge in [0.05, 0.1) is 35.2 Å². The van der Waals surface area contributed by atoms with Gasteiger partial charge in [0, 0.05) is 29.3 Å². The van der Waals surface area contributed by atoms with Crippen LogP contribution in [0.4, 0.5) is 0 Å². The first kappa shape index (κ1) is 29.6. The van der Waals surface area contributed by atoms with Gasteiger partial charge in [0.1, 0.15) is 29.3 Å². The summed E-state index contributed by atoms with van der Waals surface area (Å²) in [6.07, 6.45) is -3.92. The number of aromatic carboxylic acids is 1. The molecule has 0 fully saturated rings. The zero-order valence-electron chi connectivity index (χ0n) is 21.9. The van der Waals surface area contributed by atoms with Crippen LogP contribution in [0.5, 0.6) is 0 Å². The number of nitrogens with one attached hydrogen (secondary N) is 1. The molecule has 4 atom stereocenters. The summed E-state index contributed by atoms with van der Waals surface area (Å²) in [6, 6.07) is 18.0. The quantitative estimate of drug-likeness (QED) is 0.132. The van der Waals surface area contributed by atoms with Gasteiger partial charge >= 0.3 is 5.97 Å². The Bertz CT molecular complexity index is 1610. The first-order valence-corrected chi connectivity index (χ1v) is 12.5. The van der Waals surface area contributed by atoms with E-state index in [1.807, 2.05) is 36.4 Å². The maximum Gasteiger partial charge on any atom is 0.335 e. The van der Waals surface area contributed by atoms with E-state index >= 15 is 0 Å². The second kappa shape index (κ2) is 13.3. The summed E-state index contributed by atoms with van der Waals surface area (Å²) in [5.41, 5.74) is 5.41. The van der Waals surface area contributed by atoms with Gasteiger partial charge in [0.25, 0.3) is 0 Å². The summed E-state index contributed by atoms with van der Waals surface area (Å²) >= 11 is 0. The molecule has 5 aromatic rings. The van der Waals surface area contributed by atoms with Crippen molar-refractivity contribution in [2.75, 3.05) is 20.2 Å². The van der Waals surface area contributed by atoms with Crippen molar-refractivity contribution in [2.45, 2.75) is 24.4 Å². The van der Waals surface area contributed by atoms with Gasteiger partial charge in [-0.05, 0) is 53.8 Å². The van der Waals surface area contributed by atoms with Gasteiger partial charge in [-0.2, -0.15) is 0 Å². The van der Waals surface area contributed by atoms with Crippen molar-refractivity contribution in [3.8, 4) is 22.5 Å². The van der Waals surface area contributed by atoms with E-state index < -0.39 is 37.0 Å². The number of hydrogen-bond acceptors (Lipinski definition) is 12. The predicted molar refractivity (Wildman–Crippen MR) is 148 cm³/mol. The Morgan fingerprint density at radius 1 is 0.902 bits per heavy atom. The highest BCUT2D eigenvalue weighted by Crippen LogP contribution is 2.31. The fourth-order valence-corrected chi connectivity index (χ4v) is 4.04. The third-order valence-corrected chi connectivity index (χ3v) is 6.28. The van der Waals surface area contributed by atoms with Crippen LogP contribution in [0.3, 0.4) is 0 Å². The molecule has 0 spiro atoms. The van der Waals surface area contributed by atoms with Crippen molar-refractivity contribution in [2.24, 2.45) is 0 Å². The SMILES string of the molecule is CNCC(O)C(O)C(O)C(O)CO.O=C(O)c1ccc(-c2cc3cccnc3c(-c3ccc4nonc4c3)n2)cc1. The van der Waals surface area contributed by atoms with E-state index in [0.29, 0.717) is 16.7 Å². The van der Waals surface area contributed by atoms with Gasteiger partial charge in [-0.3, -0.25) is 4.98 Å². The molecule has 0 aliphatic carbocycles. The lowest BCUT2D eigenvalue weighted by Crippen LogP contribution is -2.48. The summed E-state index contributed by atoms with van der Waals surface area (Å²) in [5.74, 6) is -0.961. The smallest absolute Gasteiger partial charge is 0.335 e. The monoisotopic (exact) mass is 563 g/mol. The van der Waals surface area contributed by atoms with E-state index in [4.69, 9.17) is 35.1 Å². The third kappa shape index (κ3) is 6.86. The van der Waals surface area contributed by atoms with Crippen LogP contribution in [0, 0.1) is 0 Å². The molecule has 2 aromatic carbocycles. The minimum absolute atomic E-state index is 0.0936. The van der Waals surface area contributed by atoms with Gasteiger partial charge < -0.3 is 36.0 Å². The maximum absolute atomic E-state index is 11.1. The lowest BCUT2D eigenvalue weighted by atomic mass is 10.0. The summed E-state index contributed by atoms with van der Waals surface area (Å²) < 4.78 is 4.78. The molecule has 4 unspecified atom stereocenters. The molecule has 0 bridgehead atoms. The molecule has 3 heterocycles. The van der Waals surface area contributed by atoms with E-state index in [1.54, 1.807) is 37.5 Å². The van der Waals surface area contributed by atoms with Gasteiger partial charge in [-0.1, -0.05) is 24.3 Å². The number of aromatic nitrogens is 4. The molecule has 0 saturated heterocycles. The zero-order chi connectivity index (χ0) is 29.5. The number of aliphatic hydroxyl groups excluding tert-OH is 5. The van der Waals surface area contributed by atoms with E-state index in [0.717, 1.165) is 27.7 Å². The number of aliphatic hydroxyl groups is 5. The Morgan fingerprint density at radius 3 is 2.27 bits per heavy atom. The molecule has 5 rings (SSSR count). The Kier molecular flexibility index (Phi) is 9.62. The maximum atomic E-state index is 11.1. The van der Waals surface area contributed by atoms with E-state index in [2.05, 4.69) is 20.6 Å². The number of hydrogen-bond donors (Lipinski definition) is 7. The van der Waals surface area contributed by atoms with Crippen LogP contribution < -0.4 is 5.32 Å². The Morgan fingerprint density at radius 2 is 1.59 bits per heavy atom. The number of carboxylic acids is 1. The van der Waals surface area contributed by atoms with Crippen molar-refractivity contribution >= 4 is 27.9 Å². The van der Waals surface area contributed by atoms with Gasteiger partial charge in [-0.15, -0.1) is 0 Å². The van der Waals surface area contributed by atoms with Gasteiger partial charge in [-0.25, -0.2) is 14.4 Å². The first-order valence-electron chi connectivity index (χ1n) is 12.5. The minimum atomic E-state index is -1.55. The summed E-state index contributed by atoms with van der Waals surface area (Å²) in [5, 5.41) is 65.3. The number of pyridine rings is 2. The Labute approximate surface area is 233 Å².